The maximum absolute atomic E-state index is 3.87. The second kappa shape index (κ2) is 5.99. The van der Waals surface area contributed by atoms with Gasteiger partial charge in [0.15, 0.2) is 0 Å². The number of hydrogen-bond donors (Lipinski definition) is 1. The normalized spacial score (nSPS) is 10.1. The molecule has 0 saturated heterocycles. The molecular formula is C12H16BrN. The van der Waals surface area contributed by atoms with E-state index in [1.165, 1.54) is 15.6 Å². The summed E-state index contributed by atoms with van der Waals surface area (Å²) in [6, 6.07) is 8.27. The summed E-state index contributed by atoms with van der Waals surface area (Å²) in [5.41, 5.74) is 2.53. The molecule has 0 saturated carbocycles. The Morgan fingerprint density at radius 2 is 2.14 bits per heavy atom. The fourth-order valence-electron chi connectivity index (χ4n) is 1.17. The van der Waals surface area contributed by atoms with Crippen molar-refractivity contribution in [1.29, 1.82) is 0 Å². The number of nitrogens with one attached hydrogen (secondary N) is 1. The van der Waals surface area contributed by atoms with Crippen molar-refractivity contribution in [2.75, 3.05) is 6.54 Å². The van der Waals surface area contributed by atoms with Gasteiger partial charge in [-0.25, -0.2) is 0 Å². The SMILES string of the molecule is C=C(C)CCNCc1ccccc1Br. The molecule has 0 amide bonds. The highest BCUT2D eigenvalue weighted by molar-refractivity contribution is 9.10. The van der Waals surface area contributed by atoms with Crippen LogP contribution in [0.2, 0.25) is 0 Å². The Labute approximate surface area is 94.3 Å². The van der Waals surface area contributed by atoms with Crippen molar-refractivity contribution < 1.29 is 0 Å². The highest BCUT2D eigenvalue weighted by Gasteiger charge is 1.96. The smallest absolute Gasteiger partial charge is 0.0220 e. The van der Waals surface area contributed by atoms with E-state index in [0.717, 1.165) is 19.5 Å². The molecule has 1 aromatic carbocycles. The molecular weight excluding hydrogens is 238 g/mol. The lowest BCUT2D eigenvalue weighted by Crippen LogP contribution is -2.15. The van der Waals surface area contributed by atoms with Gasteiger partial charge in [-0.2, -0.15) is 0 Å². The minimum Gasteiger partial charge on any atom is -0.312 e. The van der Waals surface area contributed by atoms with Crippen LogP contribution in [0.1, 0.15) is 18.9 Å². The summed E-state index contributed by atoms with van der Waals surface area (Å²) >= 11 is 3.52. The van der Waals surface area contributed by atoms with Gasteiger partial charge in [0.25, 0.3) is 0 Å². The first-order valence-corrected chi connectivity index (χ1v) is 5.58. The van der Waals surface area contributed by atoms with Crippen LogP contribution in [0.25, 0.3) is 0 Å². The van der Waals surface area contributed by atoms with Crippen LogP contribution < -0.4 is 5.32 Å². The van der Waals surface area contributed by atoms with Crippen LogP contribution in [0, 0.1) is 0 Å². The van der Waals surface area contributed by atoms with Gasteiger partial charge >= 0.3 is 0 Å². The Morgan fingerprint density at radius 1 is 1.43 bits per heavy atom. The first-order valence-electron chi connectivity index (χ1n) is 4.78. The summed E-state index contributed by atoms with van der Waals surface area (Å²) in [7, 11) is 0. The van der Waals surface area contributed by atoms with E-state index < -0.39 is 0 Å². The van der Waals surface area contributed by atoms with Gasteiger partial charge in [0.2, 0.25) is 0 Å². The third kappa shape index (κ3) is 4.07. The molecule has 0 bridgehead atoms. The van der Waals surface area contributed by atoms with E-state index in [1.54, 1.807) is 0 Å². The predicted molar refractivity (Wildman–Crippen MR) is 65.3 cm³/mol. The van der Waals surface area contributed by atoms with Gasteiger partial charge in [0.05, 0.1) is 0 Å². The van der Waals surface area contributed by atoms with Crippen molar-refractivity contribution in [3.63, 3.8) is 0 Å². The minimum absolute atomic E-state index is 0.911. The van der Waals surface area contributed by atoms with Crippen molar-refractivity contribution in [2.45, 2.75) is 19.9 Å². The van der Waals surface area contributed by atoms with Crippen LogP contribution >= 0.6 is 15.9 Å². The fourth-order valence-corrected chi connectivity index (χ4v) is 1.59. The van der Waals surface area contributed by atoms with E-state index >= 15 is 0 Å². The molecule has 0 unspecified atom stereocenters. The van der Waals surface area contributed by atoms with Gasteiger partial charge in [0, 0.05) is 11.0 Å². The molecule has 0 fully saturated rings. The van der Waals surface area contributed by atoms with Crippen molar-refractivity contribution in [3.8, 4) is 0 Å². The van der Waals surface area contributed by atoms with Crippen LogP contribution in [0.4, 0.5) is 0 Å². The third-order valence-electron chi connectivity index (χ3n) is 2.00. The van der Waals surface area contributed by atoms with E-state index in [0.29, 0.717) is 0 Å². The van der Waals surface area contributed by atoms with Crippen LogP contribution in [0.3, 0.4) is 0 Å². The summed E-state index contributed by atoms with van der Waals surface area (Å²) in [6.45, 7) is 7.83. The Bertz CT molecular complexity index is 307. The first-order chi connectivity index (χ1) is 6.70. The maximum atomic E-state index is 3.87. The van der Waals surface area contributed by atoms with E-state index in [-0.39, 0.29) is 0 Å². The quantitative estimate of drug-likeness (QED) is 0.626. The average Bonchev–Trinajstić information content (AvgIpc) is 2.15. The van der Waals surface area contributed by atoms with Crippen LogP contribution in [0.15, 0.2) is 40.9 Å². The number of hydrogen-bond acceptors (Lipinski definition) is 1. The molecule has 1 rings (SSSR count). The summed E-state index contributed by atoms with van der Waals surface area (Å²) in [4.78, 5) is 0. The Balaban J connectivity index is 2.31. The second-order valence-corrected chi connectivity index (χ2v) is 4.33. The largest absolute Gasteiger partial charge is 0.312 e. The van der Waals surface area contributed by atoms with Gasteiger partial charge < -0.3 is 5.32 Å². The van der Waals surface area contributed by atoms with Gasteiger partial charge in [0.1, 0.15) is 0 Å². The minimum atomic E-state index is 0.911. The molecule has 0 aliphatic carbocycles. The summed E-state index contributed by atoms with van der Waals surface area (Å²) in [5, 5.41) is 3.38. The Hall–Kier alpha value is -0.600. The number of rotatable bonds is 5. The van der Waals surface area contributed by atoms with Crippen molar-refractivity contribution >= 4 is 15.9 Å². The highest BCUT2D eigenvalue weighted by atomic mass is 79.9. The molecule has 0 aliphatic rings. The molecule has 2 heteroatoms. The zero-order valence-corrected chi connectivity index (χ0v) is 10.1. The number of benzene rings is 1. The summed E-state index contributed by atoms with van der Waals surface area (Å²) in [5.74, 6) is 0. The Kier molecular flexibility index (Phi) is 4.91. The third-order valence-corrected chi connectivity index (χ3v) is 2.78. The molecule has 0 spiro atoms. The predicted octanol–water partition coefficient (Wildman–Crippen LogP) is 3.50. The molecule has 0 radical (unpaired) electrons. The zero-order chi connectivity index (χ0) is 10.4. The average molecular weight is 254 g/mol. The van der Waals surface area contributed by atoms with Crippen LogP contribution in [0.5, 0.6) is 0 Å². The van der Waals surface area contributed by atoms with E-state index in [9.17, 15) is 0 Å². The van der Waals surface area contributed by atoms with Gasteiger partial charge in [-0.05, 0) is 31.5 Å². The molecule has 0 atom stereocenters. The molecule has 0 heterocycles. The Morgan fingerprint density at radius 3 is 2.79 bits per heavy atom. The van der Waals surface area contributed by atoms with Gasteiger partial charge in [-0.15, -0.1) is 6.58 Å². The van der Waals surface area contributed by atoms with Crippen molar-refractivity contribution in [1.82, 2.24) is 5.32 Å². The van der Waals surface area contributed by atoms with E-state index in [4.69, 9.17) is 0 Å². The molecule has 14 heavy (non-hydrogen) atoms. The van der Waals surface area contributed by atoms with Crippen LogP contribution in [-0.4, -0.2) is 6.54 Å². The van der Waals surface area contributed by atoms with Gasteiger partial charge in [-0.3, -0.25) is 0 Å². The van der Waals surface area contributed by atoms with E-state index in [2.05, 4.69) is 52.9 Å². The molecule has 76 valence electrons. The fraction of sp³-hybridized carbons (Fsp3) is 0.333. The molecule has 1 aromatic rings. The highest BCUT2D eigenvalue weighted by Crippen LogP contribution is 2.15. The van der Waals surface area contributed by atoms with Crippen molar-refractivity contribution in [2.24, 2.45) is 0 Å². The summed E-state index contributed by atoms with van der Waals surface area (Å²) in [6.07, 6.45) is 1.05. The molecule has 0 aliphatic heterocycles. The monoisotopic (exact) mass is 253 g/mol. The second-order valence-electron chi connectivity index (χ2n) is 3.48. The number of halogens is 1. The topological polar surface area (TPSA) is 12.0 Å². The van der Waals surface area contributed by atoms with Crippen molar-refractivity contribution in [3.05, 3.63) is 46.5 Å². The van der Waals surface area contributed by atoms with Crippen LogP contribution in [-0.2, 0) is 6.54 Å². The summed E-state index contributed by atoms with van der Waals surface area (Å²) < 4.78 is 1.17. The lowest BCUT2D eigenvalue weighted by atomic mass is 10.2. The molecule has 0 aromatic heterocycles. The molecule has 1 N–H and O–H groups in total. The zero-order valence-electron chi connectivity index (χ0n) is 8.52. The first kappa shape index (κ1) is 11.5. The lowest BCUT2D eigenvalue weighted by molar-refractivity contribution is 0.683. The molecule has 1 nitrogen and oxygen atoms in total. The maximum Gasteiger partial charge on any atom is 0.0220 e. The van der Waals surface area contributed by atoms with Gasteiger partial charge in [-0.1, -0.05) is 39.7 Å². The standard InChI is InChI=1S/C12H16BrN/c1-10(2)7-8-14-9-11-5-3-4-6-12(11)13/h3-6,14H,1,7-9H2,2H3. The lowest BCUT2D eigenvalue weighted by Gasteiger charge is -2.06. The van der Waals surface area contributed by atoms with E-state index in [1.807, 2.05) is 6.07 Å².